The Hall–Kier alpha value is -1.74. The molecule has 0 aliphatic carbocycles. The maximum atomic E-state index is 10.1. The number of aliphatic hydroxyl groups excluding tert-OH is 3. The minimum atomic E-state index is -0.762. The summed E-state index contributed by atoms with van der Waals surface area (Å²) < 4.78 is 7.29. The average molecular weight is 294 g/mol. The van der Waals surface area contributed by atoms with Crippen molar-refractivity contribution < 1.29 is 20.1 Å². The van der Waals surface area contributed by atoms with Crippen molar-refractivity contribution in [2.45, 2.75) is 31.8 Å². The van der Waals surface area contributed by atoms with E-state index in [1.165, 1.54) is 6.33 Å². The first-order valence-electron chi connectivity index (χ1n) is 6.74. The second-order valence-corrected chi connectivity index (χ2v) is 5.29. The van der Waals surface area contributed by atoms with E-state index in [1.54, 1.807) is 10.6 Å². The number of hydrogen-bond donors (Lipinski definition) is 4. The lowest BCUT2D eigenvalue weighted by Gasteiger charge is -2.15. The zero-order valence-corrected chi connectivity index (χ0v) is 11.5. The lowest BCUT2D eigenvalue weighted by Crippen LogP contribution is -2.27. The summed E-state index contributed by atoms with van der Waals surface area (Å²) in [4.78, 5) is 3.93. The molecule has 8 heteroatoms. The molecule has 0 bridgehead atoms. The van der Waals surface area contributed by atoms with E-state index in [2.05, 4.69) is 10.1 Å². The first kappa shape index (κ1) is 14.2. The van der Waals surface area contributed by atoms with Gasteiger partial charge >= 0.3 is 0 Å². The highest BCUT2D eigenvalue weighted by molar-refractivity contribution is 5.70. The summed E-state index contributed by atoms with van der Waals surface area (Å²) in [7, 11) is 0. The van der Waals surface area contributed by atoms with Crippen molar-refractivity contribution >= 4 is 11.3 Å². The van der Waals surface area contributed by atoms with Gasteiger partial charge in [-0.2, -0.15) is 5.10 Å². The Morgan fingerprint density at radius 1 is 1.43 bits per heavy atom. The number of nitrogen functional groups attached to an aromatic ring is 1. The SMILES string of the molecule is C[C@H]1[C@H](O)[C@@H](CO)O[C@H]1c1cc(CO)c2c(N)ncnn12. The Bertz CT molecular complexity index is 659. The first-order valence-corrected chi connectivity index (χ1v) is 6.74. The Labute approximate surface area is 120 Å². The van der Waals surface area contributed by atoms with Gasteiger partial charge in [0.2, 0.25) is 0 Å². The van der Waals surface area contributed by atoms with Gasteiger partial charge in [-0.3, -0.25) is 0 Å². The summed E-state index contributed by atoms with van der Waals surface area (Å²) >= 11 is 0. The van der Waals surface area contributed by atoms with Gasteiger partial charge in [-0.15, -0.1) is 0 Å². The van der Waals surface area contributed by atoms with Crippen LogP contribution in [0.25, 0.3) is 5.52 Å². The highest BCUT2D eigenvalue weighted by Gasteiger charge is 2.42. The van der Waals surface area contributed by atoms with Gasteiger partial charge in [0.15, 0.2) is 5.82 Å². The second-order valence-electron chi connectivity index (χ2n) is 5.29. The molecule has 114 valence electrons. The molecule has 0 radical (unpaired) electrons. The fourth-order valence-electron chi connectivity index (χ4n) is 2.90. The maximum Gasteiger partial charge on any atom is 0.151 e. The van der Waals surface area contributed by atoms with Crippen molar-refractivity contribution in [3.8, 4) is 0 Å². The molecule has 0 amide bonds. The maximum absolute atomic E-state index is 10.1. The standard InChI is InChI=1S/C13H18N4O4/c1-6-11(20)9(4-19)21-12(6)8-2-7(3-18)10-13(14)15-5-16-17(8)10/h2,5-6,9,11-12,18-20H,3-4H2,1H3,(H2,14,15,16)/t6-,9+,11-,12+/m0/s1. The number of nitrogens with two attached hydrogens (primary N) is 1. The average Bonchev–Trinajstić information content (AvgIpc) is 2.99. The van der Waals surface area contributed by atoms with Crippen LogP contribution in [0.3, 0.4) is 0 Å². The summed E-state index contributed by atoms with van der Waals surface area (Å²) in [5, 5.41) is 33.0. The van der Waals surface area contributed by atoms with E-state index in [9.17, 15) is 15.3 Å². The number of rotatable bonds is 3. The van der Waals surface area contributed by atoms with Crippen molar-refractivity contribution in [2.24, 2.45) is 5.92 Å². The van der Waals surface area contributed by atoms with Crippen LogP contribution in [0.1, 0.15) is 24.3 Å². The molecular formula is C13H18N4O4. The van der Waals surface area contributed by atoms with Gasteiger partial charge in [0.05, 0.1) is 25.0 Å². The van der Waals surface area contributed by atoms with Crippen LogP contribution in [0.2, 0.25) is 0 Å². The van der Waals surface area contributed by atoms with Crippen molar-refractivity contribution in [2.75, 3.05) is 12.3 Å². The number of aromatic nitrogens is 3. The molecule has 4 atom stereocenters. The first-order chi connectivity index (χ1) is 10.1. The monoisotopic (exact) mass is 294 g/mol. The number of aliphatic hydroxyl groups is 3. The van der Waals surface area contributed by atoms with Gasteiger partial charge in [0, 0.05) is 11.5 Å². The molecule has 1 aliphatic heterocycles. The number of nitrogens with zero attached hydrogens (tertiary/aromatic N) is 3. The van der Waals surface area contributed by atoms with Crippen LogP contribution in [0, 0.1) is 5.92 Å². The molecule has 5 N–H and O–H groups in total. The number of fused-ring (bicyclic) bond motifs is 1. The van der Waals surface area contributed by atoms with Crippen LogP contribution in [0.4, 0.5) is 5.82 Å². The normalized spacial score (nSPS) is 29.3. The largest absolute Gasteiger partial charge is 0.394 e. The molecule has 0 spiro atoms. The van der Waals surface area contributed by atoms with Crippen LogP contribution < -0.4 is 5.73 Å². The van der Waals surface area contributed by atoms with Crippen LogP contribution in [0.15, 0.2) is 12.4 Å². The zero-order chi connectivity index (χ0) is 15.1. The van der Waals surface area contributed by atoms with E-state index in [0.29, 0.717) is 16.8 Å². The third-order valence-electron chi connectivity index (χ3n) is 4.05. The molecule has 3 rings (SSSR count). The van der Waals surface area contributed by atoms with Crippen molar-refractivity contribution in [1.29, 1.82) is 0 Å². The summed E-state index contributed by atoms with van der Waals surface area (Å²) in [5.74, 6) is 0.0492. The molecule has 1 saturated heterocycles. The molecule has 3 heterocycles. The molecule has 8 nitrogen and oxygen atoms in total. The summed E-state index contributed by atoms with van der Waals surface area (Å²) in [5.41, 5.74) is 7.65. The Kier molecular flexibility index (Phi) is 3.54. The van der Waals surface area contributed by atoms with Gasteiger partial charge in [-0.1, -0.05) is 6.92 Å². The predicted octanol–water partition coefficient (Wildman–Crippen LogP) is -0.767. The Morgan fingerprint density at radius 2 is 2.19 bits per heavy atom. The lowest BCUT2D eigenvalue weighted by atomic mass is 9.96. The third kappa shape index (κ3) is 2.07. The van der Waals surface area contributed by atoms with Crippen LogP contribution in [0.5, 0.6) is 0 Å². The number of hydrogen-bond acceptors (Lipinski definition) is 7. The molecule has 0 saturated carbocycles. The fraction of sp³-hybridized carbons (Fsp3) is 0.538. The van der Waals surface area contributed by atoms with E-state index in [4.69, 9.17) is 10.5 Å². The van der Waals surface area contributed by atoms with E-state index in [-0.39, 0.29) is 24.9 Å². The lowest BCUT2D eigenvalue weighted by molar-refractivity contribution is -0.0240. The molecular weight excluding hydrogens is 276 g/mol. The van der Waals surface area contributed by atoms with Crippen molar-refractivity contribution in [3.63, 3.8) is 0 Å². The van der Waals surface area contributed by atoms with E-state index < -0.39 is 18.3 Å². The van der Waals surface area contributed by atoms with E-state index >= 15 is 0 Å². The summed E-state index contributed by atoms with van der Waals surface area (Å²) in [6.45, 7) is 1.39. The van der Waals surface area contributed by atoms with Crippen LogP contribution >= 0.6 is 0 Å². The molecule has 0 aromatic carbocycles. The second kappa shape index (κ2) is 5.23. The van der Waals surface area contributed by atoms with Gasteiger partial charge in [0.1, 0.15) is 24.1 Å². The van der Waals surface area contributed by atoms with Crippen molar-refractivity contribution in [3.05, 3.63) is 23.7 Å². The Balaban J connectivity index is 2.11. The van der Waals surface area contributed by atoms with E-state index in [1.807, 2.05) is 6.92 Å². The highest BCUT2D eigenvalue weighted by Crippen LogP contribution is 2.39. The fourth-order valence-corrected chi connectivity index (χ4v) is 2.90. The molecule has 2 aromatic heterocycles. The number of ether oxygens (including phenoxy) is 1. The number of anilines is 1. The topological polar surface area (TPSA) is 126 Å². The molecule has 1 fully saturated rings. The van der Waals surface area contributed by atoms with E-state index in [0.717, 1.165) is 0 Å². The third-order valence-corrected chi connectivity index (χ3v) is 4.05. The molecule has 1 aliphatic rings. The quantitative estimate of drug-likeness (QED) is 0.585. The molecule has 2 aromatic rings. The summed E-state index contributed by atoms with van der Waals surface area (Å²) in [6.07, 6.45) is -0.513. The minimum absolute atomic E-state index is 0.200. The van der Waals surface area contributed by atoms with Crippen LogP contribution in [-0.2, 0) is 11.3 Å². The van der Waals surface area contributed by atoms with Gasteiger partial charge in [-0.05, 0) is 6.07 Å². The molecule has 21 heavy (non-hydrogen) atoms. The Morgan fingerprint density at radius 3 is 2.81 bits per heavy atom. The van der Waals surface area contributed by atoms with Crippen LogP contribution in [-0.4, -0.2) is 48.7 Å². The van der Waals surface area contributed by atoms with Crippen molar-refractivity contribution in [1.82, 2.24) is 14.6 Å². The molecule has 0 unspecified atom stereocenters. The highest BCUT2D eigenvalue weighted by atomic mass is 16.5. The van der Waals surface area contributed by atoms with Gasteiger partial charge in [-0.25, -0.2) is 9.50 Å². The van der Waals surface area contributed by atoms with Gasteiger partial charge in [0.25, 0.3) is 0 Å². The predicted molar refractivity (Wildman–Crippen MR) is 73.2 cm³/mol. The van der Waals surface area contributed by atoms with Gasteiger partial charge < -0.3 is 25.8 Å². The summed E-state index contributed by atoms with van der Waals surface area (Å²) in [6, 6.07) is 1.74. The zero-order valence-electron chi connectivity index (χ0n) is 11.5. The minimum Gasteiger partial charge on any atom is -0.394 e. The smallest absolute Gasteiger partial charge is 0.151 e.